The molecule has 0 radical (unpaired) electrons. The van der Waals surface area contributed by atoms with Gasteiger partial charge in [0.25, 0.3) is 0 Å². The number of rotatable bonds is 6. The van der Waals surface area contributed by atoms with Gasteiger partial charge in [0.2, 0.25) is 12.7 Å². The third kappa shape index (κ3) is 3.57. The molecule has 1 amide bonds. The topological polar surface area (TPSA) is 92.1 Å². The Balaban J connectivity index is 1.44. The number of anilines is 1. The zero-order chi connectivity index (χ0) is 19.5. The zero-order valence-corrected chi connectivity index (χ0v) is 15.4. The third-order valence-electron chi connectivity index (χ3n) is 4.23. The van der Waals surface area contributed by atoms with Crippen molar-refractivity contribution in [2.45, 2.75) is 6.42 Å². The molecule has 0 saturated heterocycles. The van der Waals surface area contributed by atoms with Gasteiger partial charge in [0.1, 0.15) is 0 Å². The number of amides is 1. The number of carbonyl (C=O) groups excluding carboxylic acids is 1. The normalized spacial score (nSPS) is 11.9. The van der Waals surface area contributed by atoms with Crippen LogP contribution in [-0.2, 0) is 11.2 Å². The van der Waals surface area contributed by atoms with Gasteiger partial charge in [0.15, 0.2) is 28.8 Å². The molecule has 0 unspecified atom stereocenters. The van der Waals surface area contributed by atoms with Crippen LogP contribution in [0.1, 0.15) is 5.69 Å². The average Bonchev–Trinajstić information content (AvgIpc) is 3.36. The molecule has 0 fully saturated rings. The number of nitrogens with one attached hydrogen (secondary N) is 1. The van der Waals surface area contributed by atoms with Crippen molar-refractivity contribution < 1.29 is 28.3 Å². The van der Waals surface area contributed by atoms with E-state index in [1.165, 1.54) is 0 Å². The maximum Gasteiger partial charge on any atom is 0.231 e. The molecule has 1 aromatic heterocycles. The van der Waals surface area contributed by atoms with E-state index in [1.54, 1.807) is 50.6 Å². The van der Waals surface area contributed by atoms with Crippen molar-refractivity contribution in [2.24, 2.45) is 0 Å². The fraction of sp³-hybridized carbons (Fsp3) is 0.200. The van der Waals surface area contributed by atoms with Gasteiger partial charge in [-0.1, -0.05) is 5.16 Å². The number of ether oxygens (including phenoxy) is 4. The number of benzene rings is 2. The highest BCUT2D eigenvalue weighted by atomic mass is 16.7. The van der Waals surface area contributed by atoms with Crippen molar-refractivity contribution in [1.82, 2.24) is 5.16 Å². The van der Waals surface area contributed by atoms with Crippen LogP contribution in [0.3, 0.4) is 0 Å². The fourth-order valence-electron chi connectivity index (χ4n) is 2.86. The summed E-state index contributed by atoms with van der Waals surface area (Å²) in [7, 11) is 3.14. The molecular formula is C20H18N2O6. The molecule has 1 aliphatic rings. The maximum atomic E-state index is 12.3. The highest BCUT2D eigenvalue weighted by Crippen LogP contribution is 2.34. The van der Waals surface area contributed by atoms with E-state index in [2.05, 4.69) is 10.5 Å². The lowest BCUT2D eigenvalue weighted by Crippen LogP contribution is -2.14. The van der Waals surface area contributed by atoms with Gasteiger partial charge in [-0.25, -0.2) is 0 Å². The van der Waals surface area contributed by atoms with Gasteiger partial charge in [0, 0.05) is 23.4 Å². The summed E-state index contributed by atoms with van der Waals surface area (Å²) >= 11 is 0. The smallest absolute Gasteiger partial charge is 0.231 e. The van der Waals surface area contributed by atoms with Gasteiger partial charge in [0.05, 0.1) is 26.3 Å². The Kier molecular flexibility index (Phi) is 4.76. The second kappa shape index (κ2) is 7.51. The van der Waals surface area contributed by atoms with E-state index in [-0.39, 0.29) is 19.1 Å². The summed E-state index contributed by atoms with van der Waals surface area (Å²) in [6.45, 7) is 0.185. The minimum atomic E-state index is -0.217. The van der Waals surface area contributed by atoms with E-state index in [9.17, 15) is 4.79 Å². The van der Waals surface area contributed by atoms with Crippen molar-refractivity contribution in [3.63, 3.8) is 0 Å². The van der Waals surface area contributed by atoms with Gasteiger partial charge in [-0.15, -0.1) is 0 Å². The molecule has 0 spiro atoms. The van der Waals surface area contributed by atoms with E-state index >= 15 is 0 Å². The zero-order valence-electron chi connectivity index (χ0n) is 15.4. The molecule has 1 aliphatic heterocycles. The molecule has 0 atom stereocenters. The first-order valence-electron chi connectivity index (χ1n) is 8.54. The maximum absolute atomic E-state index is 12.3. The van der Waals surface area contributed by atoms with Crippen LogP contribution in [0, 0.1) is 0 Å². The molecular weight excluding hydrogens is 364 g/mol. The second-order valence-electron chi connectivity index (χ2n) is 6.05. The number of aromatic nitrogens is 1. The minimum Gasteiger partial charge on any atom is -0.493 e. The van der Waals surface area contributed by atoms with Gasteiger partial charge in [-0.05, 0) is 30.3 Å². The van der Waals surface area contributed by atoms with E-state index in [0.717, 1.165) is 5.56 Å². The highest BCUT2D eigenvalue weighted by molar-refractivity contribution is 5.92. The molecule has 8 heteroatoms. The van der Waals surface area contributed by atoms with Crippen molar-refractivity contribution in [3.05, 3.63) is 48.2 Å². The van der Waals surface area contributed by atoms with Crippen LogP contribution in [0.5, 0.6) is 23.0 Å². The summed E-state index contributed by atoms with van der Waals surface area (Å²) < 4.78 is 26.5. The summed E-state index contributed by atoms with van der Waals surface area (Å²) in [5, 5.41) is 6.79. The molecule has 28 heavy (non-hydrogen) atoms. The summed E-state index contributed by atoms with van der Waals surface area (Å²) in [5.74, 6) is 2.79. The number of nitrogens with zero attached hydrogens (tertiary/aromatic N) is 1. The average molecular weight is 382 g/mol. The molecule has 1 N–H and O–H groups in total. The van der Waals surface area contributed by atoms with Gasteiger partial charge in [-0.2, -0.15) is 0 Å². The van der Waals surface area contributed by atoms with Crippen LogP contribution in [0.2, 0.25) is 0 Å². The molecule has 4 rings (SSSR count). The first kappa shape index (κ1) is 17.7. The van der Waals surface area contributed by atoms with Crippen LogP contribution >= 0.6 is 0 Å². The Morgan fingerprint density at radius 3 is 2.68 bits per heavy atom. The van der Waals surface area contributed by atoms with Crippen molar-refractivity contribution >= 4 is 11.6 Å². The lowest BCUT2D eigenvalue weighted by molar-refractivity contribution is -0.115. The Hall–Kier alpha value is -3.68. The van der Waals surface area contributed by atoms with Crippen LogP contribution in [0.15, 0.2) is 47.0 Å². The molecule has 3 aromatic rings. The van der Waals surface area contributed by atoms with Gasteiger partial charge >= 0.3 is 0 Å². The van der Waals surface area contributed by atoms with Crippen LogP contribution < -0.4 is 24.3 Å². The Morgan fingerprint density at radius 1 is 1.04 bits per heavy atom. The summed E-state index contributed by atoms with van der Waals surface area (Å²) in [6, 6.07) is 12.3. The predicted octanol–water partition coefficient (Wildman–Crippen LogP) is 3.27. The van der Waals surface area contributed by atoms with Crippen molar-refractivity contribution in [3.8, 4) is 34.3 Å². The monoisotopic (exact) mass is 382 g/mol. The Bertz CT molecular complexity index is 1010. The standard InChI is InChI=1S/C20H18N2O6/c1-24-15-5-3-12(7-18(15)25-2)17-9-14(22-28-17)10-20(23)21-13-4-6-16-19(8-13)27-11-26-16/h3-9H,10-11H2,1-2H3,(H,21,23). The van der Waals surface area contributed by atoms with Crippen molar-refractivity contribution in [2.75, 3.05) is 26.3 Å². The molecule has 144 valence electrons. The number of carbonyl (C=O) groups is 1. The number of fused-ring (bicyclic) bond motifs is 1. The second-order valence-corrected chi connectivity index (χ2v) is 6.05. The highest BCUT2D eigenvalue weighted by Gasteiger charge is 2.16. The first-order valence-corrected chi connectivity index (χ1v) is 8.54. The number of methoxy groups -OCH3 is 2. The fourth-order valence-corrected chi connectivity index (χ4v) is 2.86. The van der Waals surface area contributed by atoms with Crippen molar-refractivity contribution in [1.29, 1.82) is 0 Å². The first-order chi connectivity index (χ1) is 13.7. The third-order valence-corrected chi connectivity index (χ3v) is 4.23. The summed E-state index contributed by atoms with van der Waals surface area (Å²) in [4.78, 5) is 12.3. The molecule has 8 nitrogen and oxygen atoms in total. The Labute approximate surface area is 160 Å². The predicted molar refractivity (Wildman–Crippen MR) is 99.9 cm³/mol. The van der Waals surface area contributed by atoms with E-state index in [0.29, 0.717) is 40.1 Å². The molecule has 0 bridgehead atoms. The summed E-state index contributed by atoms with van der Waals surface area (Å²) in [5.41, 5.74) is 1.91. The van der Waals surface area contributed by atoms with E-state index in [4.69, 9.17) is 23.5 Å². The number of hydrogen-bond donors (Lipinski definition) is 1. The number of hydrogen-bond acceptors (Lipinski definition) is 7. The summed E-state index contributed by atoms with van der Waals surface area (Å²) in [6.07, 6.45) is 0.0746. The van der Waals surface area contributed by atoms with Crippen LogP contribution in [-0.4, -0.2) is 32.1 Å². The lowest BCUT2D eigenvalue weighted by atomic mass is 10.1. The van der Waals surface area contributed by atoms with E-state index in [1.807, 2.05) is 6.07 Å². The molecule has 0 saturated carbocycles. The Morgan fingerprint density at radius 2 is 1.86 bits per heavy atom. The van der Waals surface area contributed by atoms with Gasteiger partial charge < -0.3 is 28.8 Å². The largest absolute Gasteiger partial charge is 0.493 e. The minimum absolute atomic E-state index is 0.0746. The molecule has 2 aromatic carbocycles. The SMILES string of the molecule is COc1ccc(-c2cc(CC(=O)Nc3ccc4c(c3)OCO4)no2)cc1OC. The van der Waals surface area contributed by atoms with E-state index < -0.39 is 0 Å². The van der Waals surface area contributed by atoms with Crippen LogP contribution in [0.4, 0.5) is 5.69 Å². The van der Waals surface area contributed by atoms with Gasteiger partial charge in [-0.3, -0.25) is 4.79 Å². The lowest BCUT2D eigenvalue weighted by Gasteiger charge is -2.07. The molecule has 0 aliphatic carbocycles. The molecule has 2 heterocycles. The quantitative estimate of drug-likeness (QED) is 0.699. The van der Waals surface area contributed by atoms with Crippen LogP contribution in [0.25, 0.3) is 11.3 Å².